The van der Waals surface area contributed by atoms with Gasteiger partial charge in [-0.2, -0.15) is 0 Å². The van der Waals surface area contributed by atoms with Crippen LogP contribution in [0.3, 0.4) is 0 Å². The first-order valence-corrected chi connectivity index (χ1v) is 10.9. The van der Waals surface area contributed by atoms with Crippen molar-refractivity contribution in [3.8, 4) is 0 Å². The van der Waals surface area contributed by atoms with Gasteiger partial charge in [-0.05, 0) is 55.6 Å². The molecule has 0 bridgehead atoms. The molecule has 9 nitrogen and oxygen atoms in total. The van der Waals surface area contributed by atoms with Gasteiger partial charge >= 0.3 is 11.9 Å². The maximum Gasteiger partial charge on any atom is 0.335 e. The van der Waals surface area contributed by atoms with E-state index >= 15 is 0 Å². The number of hydrogen-bond acceptors (Lipinski definition) is 7. The van der Waals surface area contributed by atoms with E-state index in [9.17, 15) is 9.59 Å². The smallest absolute Gasteiger partial charge is 0.335 e. The minimum Gasteiger partial charge on any atom is -0.479 e. The van der Waals surface area contributed by atoms with E-state index in [1.54, 1.807) is 11.8 Å². The van der Waals surface area contributed by atoms with Gasteiger partial charge in [0.15, 0.2) is 12.2 Å². The summed E-state index contributed by atoms with van der Waals surface area (Å²) in [6.45, 7) is 4.12. The molecule has 0 amide bonds. The lowest BCUT2D eigenvalue weighted by atomic mass is 9.98. The van der Waals surface area contributed by atoms with Gasteiger partial charge in [0.25, 0.3) is 0 Å². The van der Waals surface area contributed by atoms with Crippen molar-refractivity contribution in [1.29, 1.82) is 0 Å². The number of rotatable bonds is 6. The molecule has 3 rings (SSSR count). The standard InChI is InChI=1S/C16H20ClN3S.C4H6O6/c1-11-19-16(9-20(11)2)21-10-14-13-6-8-18-7-5-12(13)3-4-15(14)17;5-1(3(7)8)2(6)4(9)10/h3-4,9,18H,5-8,10H2,1-2H3;1-2,5-6H,(H,7,8)(H,9,10)/t;1-,2-/m.1/s1. The number of aliphatic carboxylic acids is 2. The van der Waals surface area contributed by atoms with Crippen LogP contribution in [0.25, 0.3) is 0 Å². The number of fused-ring (bicyclic) bond motifs is 1. The number of aromatic nitrogens is 2. The minimum atomic E-state index is -2.27. The van der Waals surface area contributed by atoms with Crippen LogP contribution in [-0.4, -0.2) is 67.2 Å². The Bertz CT molecular complexity index is 898. The van der Waals surface area contributed by atoms with Crippen molar-refractivity contribution in [2.24, 2.45) is 7.05 Å². The molecular formula is C20H26ClN3O6S. The van der Waals surface area contributed by atoms with Crippen molar-refractivity contribution in [1.82, 2.24) is 14.9 Å². The highest BCUT2D eigenvalue weighted by Crippen LogP contribution is 2.31. The molecule has 1 aromatic carbocycles. The van der Waals surface area contributed by atoms with E-state index in [0.717, 1.165) is 47.6 Å². The molecule has 170 valence electrons. The van der Waals surface area contributed by atoms with E-state index in [4.69, 9.17) is 32.0 Å². The second kappa shape index (κ2) is 11.5. The van der Waals surface area contributed by atoms with Crippen molar-refractivity contribution in [3.63, 3.8) is 0 Å². The number of imidazole rings is 1. The third-order valence-corrected chi connectivity index (χ3v) is 6.13. The number of carboxylic acids is 2. The molecule has 0 aliphatic carbocycles. The molecule has 1 aliphatic heterocycles. The van der Waals surface area contributed by atoms with Gasteiger partial charge in [0.1, 0.15) is 10.9 Å². The van der Waals surface area contributed by atoms with Crippen LogP contribution in [0.5, 0.6) is 0 Å². The lowest BCUT2D eigenvalue weighted by Gasteiger charge is -2.13. The first-order chi connectivity index (χ1) is 14.6. The third-order valence-electron chi connectivity index (χ3n) is 4.85. The fourth-order valence-electron chi connectivity index (χ4n) is 2.99. The number of nitrogens with one attached hydrogen (secondary N) is 1. The fraction of sp³-hybridized carbons (Fsp3) is 0.450. The molecule has 0 saturated carbocycles. The Balaban J connectivity index is 0.000000291. The zero-order chi connectivity index (χ0) is 23.1. The van der Waals surface area contributed by atoms with Gasteiger partial charge in [-0.3, -0.25) is 0 Å². The van der Waals surface area contributed by atoms with E-state index in [1.807, 2.05) is 20.0 Å². The molecule has 11 heteroatoms. The maximum absolute atomic E-state index is 9.77. The zero-order valence-corrected chi connectivity index (χ0v) is 18.8. The van der Waals surface area contributed by atoms with Crippen LogP contribution in [0.15, 0.2) is 23.4 Å². The van der Waals surface area contributed by atoms with Crippen molar-refractivity contribution >= 4 is 35.3 Å². The number of carboxylic acid groups (broad SMARTS) is 2. The molecular weight excluding hydrogens is 446 g/mol. The molecule has 0 fully saturated rings. The van der Waals surface area contributed by atoms with Gasteiger partial charge in [0.2, 0.25) is 0 Å². The Morgan fingerprint density at radius 1 is 1.19 bits per heavy atom. The van der Waals surface area contributed by atoms with E-state index in [1.165, 1.54) is 16.7 Å². The van der Waals surface area contributed by atoms with Gasteiger partial charge in [0, 0.05) is 24.0 Å². The van der Waals surface area contributed by atoms with Crippen molar-refractivity contribution in [2.75, 3.05) is 13.1 Å². The van der Waals surface area contributed by atoms with Crippen LogP contribution in [0.1, 0.15) is 22.5 Å². The lowest BCUT2D eigenvalue weighted by molar-refractivity contribution is -0.165. The van der Waals surface area contributed by atoms with Gasteiger partial charge < -0.3 is 30.3 Å². The molecule has 0 radical (unpaired) electrons. The predicted molar refractivity (Wildman–Crippen MR) is 117 cm³/mol. The molecule has 0 spiro atoms. The average molecular weight is 472 g/mol. The fourth-order valence-corrected chi connectivity index (χ4v) is 4.36. The molecule has 0 saturated heterocycles. The van der Waals surface area contributed by atoms with Crippen LogP contribution in [0.2, 0.25) is 5.02 Å². The molecule has 0 unspecified atom stereocenters. The molecule has 1 aliphatic rings. The quantitative estimate of drug-likeness (QED) is 0.393. The summed E-state index contributed by atoms with van der Waals surface area (Å²) in [5, 5.41) is 37.9. The zero-order valence-electron chi connectivity index (χ0n) is 17.2. The Kier molecular flexibility index (Phi) is 9.32. The van der Waals surface area contributed by atoms with E-state index in [0.29, 0.717) is 0 Å². The van der Waals surface area contributed by atoms with Gasteiger partial charge in [-0.25, -0.2) is 14.6 Å². The summed E-state index contributed by atoms with van der Waals surface area (Å²) in [5.74, 6) is -1.61. The summed E-state index contributed by atoms with van der Waals surface area (Å²) in [6, 6.07) is 4.23. The number of benzene rings is 1. The van der Waals surface area contributed by atoms with Crippen LogP contribution < -0.4 is 5.32 Å². The SMILES string of the molecule is Cc1nc(SCc2c(Cl)ccc3c2CCNCC3)cn1C.O=C(O)[C@H](O)[C@@H](O)C(=O)O. The topological polar surface area (TPSA) is 145 Å². The normalized spacial score (nSPS) is 15.1. The minimum absolute atomic E-state index is 0.885. The highest BCUT2D eigenvalue weighted by molar-refractivity contribution is 7.98. The summed E-state index contributed by atoms with van der Waals surface area (Å²) in [5.41, 5.74) is 4.16. The van der Waals surface area contributed by atoms with Crippen molar-refractivity contribution in [3.05, 3.63) is 45.9 Å². The predicted octanol–water partition coefficient (Wildman–Crippen LogP) is 1.24. The molecule has 31 heavy (non-hydrogen) atoms. The Morgan fingerprint density at radius 3 is 2.35 bits per heavy atom. The van der Waals surface area contributed by atoms with Gasteiger partial charge in [0.05, 0.1) is 0 Å². The number of aliphatic hydroxyl groups excluding tert-OH is 2. The van der Waals surface area contributed by atoms with Crippen LogP contribution in [-0.2, 0) is 35.2 Å². The monoisotopic (exact) mass is 471 g/mol. The number of aryl methyl sites for hydroxylation is 2. The Hall–Kier alpha value is -2.11. The number of thioether (sulfide) groups is 1. The van der Waals surface area contributed by atoms with E-state index < -0.39 is 24.1 Å². The summed E-state index contributed by atoms with van der Waals surface area (Å²) < 4.78 is 2.05. The maximum atomic E-state index is 9.77. The van der Waals surface area contributed by atoms with Crippen LogP contribution in [0, 0.1) is 6.92 Å². The van der Waals surface area contributed by atoms with E-state index in [2.05, 4.69) is 27.1 Å². The van der Waals surface area contributed by atoms with Gasteiger partial charge in [-0.15, -0.1) is 11.8 Å². The number of carbonyl (C=O) groups is 2. The molecule has 2 heterocycles. The van der Waals surface area contributed by atoms with Crippen molar-refractivity contribution in [2.45, 2.75) is 42.8 Å². The molecule has 1 aromatic heterocycles. The molecule has 5 N–H and O–H groups in total. The first kappa shape index (κ1) is 25.2. The van der Waals surface area contributed by atoms with Gasteiger partial charge in [-0.1, -0.05) is 17.7 Å². The lowest BCUT2D eigenvalue weighted by Crippen LogP contribution is -2.39. The molecule has 2 aromatic rings. The number of hydrogen-bond donors (Lipinski definition) is 5. The second-order valence-corrected chi connectivity index (χ2v) is 8.41. The summed E-state index contributed by atoms with van der Waals surface area (Å²) in [6.07, 6.45) is -0.299. The highest BCUT2D eigenvalue weighted by atomic mass is 35.5. The first-order valence-electron chi connectivity index (χ1n) is 9.56. The summed E-state index contributed by atoms with van der Waals surface area (Å²) in [7, 11) is 2.03. The van der Waals surface area contributed by atoms with E-state index in [-0.39, 0.29) is 0 Å². The molecule has 2 atom stereocenters. The number of halogens is 1. The third kappa shape index (κ3) is 6.94. The van der Waals surface area contributed by atoms with Crippen LogP contribution >= 0.6 is 23.4 Å². The summed E-state index contributed by atoms with van der Waals surface area (Å²) >= 11 is 8.22. The van der Waals surface area contributed by atoms with Crippen LogP contribution in [0.4, 0.5) is 0 Å². The summed E-state index contributed by atoms with van der Waals surface area (Å²) in [4.78, 5) is 24.1. The Labute approximate surface area is 189 Å². The van der Waals surface area contributed by atoms with Crippen molar-refractivity contribution < 1.29 is 30.0 Å². The number of aliphatic hydroxyl groups is 2. The second-order valence-electron chi connectivity index (χ2n) is 7.01. The number of nitrogens with zero attached hydrogens (tertiary/aromatic N) is 2. The largest absolute Gasteiger partial charge is 0.479 e. The Morgan fingerprint density at radius 2 is 1.81 bits per heavy atom. The highest BCUT2D eigenvalue weighted by Gasteiger charge is 2.29. The average Bonchev–Trinajstić information content (AvgIpc) is 2.91.